The van der Waals surface area contributed by atoms with Gasteiger partial charge < -0.3 is 19.7 Å². The summed E-state index contributed by atoms with van der Waals surface area (Å²) in [5.74, 6) is 0.468. The van der Waals surface area contributed by atoms with Gasteiger partial charge in [0.05, 0.1) is 6.61 Å². The van der Waals surface area contributed by atoms with Crippen LogP contribution in [-0.4, -0.2) is 42.6 Å². The van der Waals surface area contributed by atoms with Crippen LogP contribution in [0.4, 0.5) is 5.69 Å². The first kappa shape index (κ1) is 25.8. The van der Waals surface area contributed by atoms with Crippen LogP contribution in [0.5, 0.6) is 11.5 Å². The van der Waals surface area contributed by atoms with Crippen LogP contribution in [0.25, 0.3) is 0 Å². The molecule has 1 amide bonds. The monoisotopic (exact) mass is 514 g/mol. The third-order valence-corrected chi connectivity index (χ3v) is 7.51. The van der Waals surface area contributed by atoms with Crippen molar-refractivity contribution in [1.82, 2.24) is 4.90 Å². The lowest BCUT2D eigenvalue weighted by Gasteiger charge is -2.42. The Hall–Kier alpha value is -3.87. The van der Waals surface area contributed by atoms with E-state index in [0.29, 0.717) is 36.6 Å². The van der Waals surface area contributed by atoms with E-state index < -0.39 is 5.92 Å². The zero-order valence-electron chi connectivity index (χ0n) is 22.3. The summed E-state index contributed by atoms with van der Waals surface area (Å²) in [6.45, 7) is 4.07. The van der Waals surface area contributed by atoms with Crippen LogP contribution in [0.3, 0.4) is 0 Å². The number of allylic oxidation sites excluding steroid dienone is 4. The lowest BCUT2D eigenvalue weighted by molar-refractivity contribution is -0.118. The first-order chi connectivity index (χ1) is 18.4. The molecule has 2 aromatic rings. The standard InChI is InChI=1S/C31H34N2O5/c1-4-37-27-17-20(14-15-26(27)38-18-28(36)32-21-9-5-8-19(2)16-21)29-30-22(10-6-12-24(30)34)33(3)23-11-7-13-25(35)31(23)29/h5,8-9,14-17,29H,4,6-7,10-13,18H2,1-3H3,(H,32,36). The molecule has 0 aromatic heterocycles. The van der Waals surface area contributed by atoms with Crippen LogP contribution >= 0.6 is 0 Å². The maximum atomic E-state index is 13.2. The van der Waals surface area contributed by atoms with Crippen LogP contribution in [0.15, 0.2) is 65.0 Å². The van der Waals surface area contributed by atoms with Gasteiger partial charge in [-0.05, 0) is 74.9 Å². The number of ether oxygens (including phenoxy) is 2. The fraction of sp³-hybridized carbons (Fsp3) is 0.387. The molecule has 38 heavy (non-hydrogen) atoms. The van der Waals surface area contributed by atoms with Crippen LogP contribution in [-0.2, 0) is 14.4 Å². The van der Waals surface area contributed by atoms with Crippen LogP contribution < -0.4 is 14.8 Å². The van der Waals surface area contributed by atoms with E-state index >= 15 is 0 Å². The number of Topliss-reactive ketones (excluding diaryl/α,β-unsaturated/α-hetero) is 2. The number of benzene rings is 2. The van der Waals surface area contributed by atoms with Gasteiger partial charge in [-0.1, -0.05) is 18.2 Å². The predicted molar refractivity (Wildman–Crippen MR) is 145 cm³/mol. The van der Waals surface area contributed by atoms with Crippen molar-refractivity contribution in [2.24, 2.45) is 0 Å². The van der Waals surface area contributed by atoms with E-state index in [4.69, 9.17) is 9.47 Å². The van der Waals surface area contributed by atoms with Gasteiger partial charge in [0.2, 0.25) is 0 Å². The number of hydrogen-bond donors (Lipinski definition) is 1. The van der Waals surface area contributed by atoms with Crippen molar-refractivity contribution in [2.45, 2.75) is 58.3 Å². The number of carbonyl (C=O) groups is 3. The number of hydrogen-bond acceptors (Lipinski definition) is 6. The van der Waals surface area contributed by atoms with Gasteiger partial charge in [-0.25, -0.2) is 0 Å². The molecule has 2 aliphatic carbocycles. The number of amides is 1. The lowest BCUT2D eigenvalue weighted by atomic mass is 9.71. The van der Waals surface area contributed by atoms with Gasteiger partial charge in [0.1, 0.15) is 0 Å². The van der Waals surface area contributed by atoms with Crippen molar-refractivity contribution < 1.29 is 23.9 Å². The zero-order valence-corrected chi connectivity index (χ0v) is 22.3. The van der Waals surface area contributed by atoms with E-state index in [2.05, 4.69) is 10.2 Å². The number of aryl methyl sites for hydroxylation is 1. The number of carbonyl (C=O) groups excluding carboxylic acids is 3. The molecule has 0 atom stereocenters. The highest BCUT2D eigenvalue weighted by atomic mass is 16.5. The number of nitrogens with zero attached hydrogens (tertiary/aromatic N) is 1. The van der Waals surface area contributed by atoms with Crippen LogP contribution in [0.2, 0.25) is 0 Å². The third-order valence-electron chi connectivity index (χ3n) is 7.51. The summed E-state index contributed by atoms with van der Waals surface area (Å²) >= 11 is 0. The summed E-state index contributed by atoms with van der Waals surface area (Å²) in [7, 11) is 1.99. The van der Waals surface area contributed by atoms with Gasteiger partial charge in [-0.2, -0.15) is 0 Å². The Kier molecular flexibility index (Phi) is 7.36. The molecular weight excluding hydrogens is 480 g/mol. The average molecular weight is 515 g/mol. The second kappa shape index (κ2) is 10.9. The second-order valence-corrected chi connectivity index (χ2v) is 10.1. The fourth-order valence-corrected chi connectivity index (χ4v) is 5.84. The van der Waals surface area contributed by atoms with Gasteiger partial charge in [0.15, 0.2) is 29.7 Å². The van der Waals surface area contributed by atoms with Crippen LogP contribution in [0, 0.1) is 6.92 Å². The Morgan fingerprint density at radius 3 is 2.24 bits per heavy atom. The molecule has 0 saturated carbocycles. The van der Waals surface area contributed by atoms with Gasteiger partial charge in [0.25, 0.3) is 5.91 Å². The fourth-order valence-electron chi connectivity index (χ4n) is 5.84. The quantitative estimate of drug-likeness (QED) is 0.529. The molecule has 0 radical (unpaired) electrons. The van der Waals surface area contributed by atoms with E-state index in [1.807, 2.05) is 57.3 Å². The molecule has 1 heterocycles. The molecule has 0 saturated heterocycles. The topological polar surface area (TPSA) is 84.9 Å². The molecule has 198 valence electrons. The Balaban J connectivity index is 1.45. The Labute approximate surface area is 223 Å². The zero-order chi connectivity index (χ0) is 26.8. The molecule has 1 N–H and O–H groups in total. The predicted octanol–water partition coefficient (Wildman–Crippen LogP) is 5.45. The number of ketones is 2. The molecule has 3 aliphatic rings. The minimum Gasteiger partial charge on any atom is -0.490 e. The summed E-state index contributed by atoms with van der Waals surface area (Å²) in [5.41, 5.74) is 6.14. The molecule has 1 aliphatic heterocycles. The summed E-state index contributed by atoms with van der Waals surface area (Å²) < 4.78 is 11.8. The molecule has 7 nitrogen and oxygen atoms in total. The van der Waals surface area contributed by atoms with Crippen molar-refractivity contribution in [3.8, 4) is 11.5 Å². The van der Waals surface area contributed by atoms with E-state index in [9.17, 15) is 14.4 Å². The van der Waals surface area contributed by atoms with Crippen molar-refractivity contribution in [3.05, 3.63) is 76.1 Å². The molecule has 5 rings (SSSR count). The number of nitrogens with one attached hydrogen (secondary N) is 1. The van der Waals surface area contributed by atoms with Crippen molar-refractivity contribution in [2.75, 3.05) is 25.6 Å². The molecule has 0 bridgehead atoms. The second-order valence-electron chi connectivity index (χ2n) is 10.1. The first-order valence-corrected chi connectivity index (χ1v) is 13.4. The van der Waals surface area contributed by atoms with E-state index in [1.165, 1.54) is 0 Å². The van der Waals surface area contributed by atoms with Gasteiger partial charge in [0, 0.05) is 54.0 Å². The van der Waals surface area contributed by atoms with Crippen molar-refractivity contribution in [3.63, 3.8) is 0 Å². The van der Waals surface area contributed by atoms with Crippen LogP contribution in [0.1, 0.15) is 62.5 Å². The maximum absolute atomic E-state index is 13.2. The normalized spacial score (nSPS) is 17.8. The lowest BCUT2D eigenvalue weighted by Crippen LogP contribution is -2.37. The molecule has 2 aromatic carbocycles. The van der Waals surface area contributed by atoms with E-state index in [0.717, 1.165) is 59.4 Å². The third kappa shape index (κ3) is 4.97. The molecule has 0 spiro atoms. The van der Waals surface area contributed by atoms with E-state index in [-0.39, 0.29) is 24.1 Å². The highest BCUT2D eigenvalue weighted by molar-refractivity contribution is 6.06. The first-order valence-electron chi connectivity index (χ1n) is 13.4. The van der Waals surface area contributed by atoms with Gasteiger partial charge >= 0.3 is 0 Å². The Morgan fingerprint density at radius 1 is 0.921 bits per heavy atom. The SMILES string of the molecule is CCOc1cc(C2C3=C(CCCC3=O)N(C)C3=C2C(=O)CCC3)ccc1OCC(=O)Nc1cccc(C)c1. The highest BCUT2D eigenvalue weighted by Crippen LogP contribution is 2.49. The highest BCUT2D eigenvalue weighted by Gasteiger charge is 2.42. The summed E-state index contributed by atoms with van der Waals surface area (Å²) in [5, 5.41) is 2.85. The molecule has 7 heteroatoms. The number of anilines is 1. The molecule has 0 fully saturated rings. The average Bonchev–Trinajstić information content (AvgIpc) is 2.89. The summed E-state index contributed by atoms with van der Waals surface area (Å²) in [6.07, 6.45) is 4.30. The van der Waals surface area contributed by atoms with Gasteiger partial charge in [-0.3, -0.25) is 14.4 Å². The largest absolute Gasteiger partial charge is 0.490 e. The summed E-state index contributed by atoms with van der Waals surface area (Å²) in [4.78, 5) is 41.1. The minimum absolute atomic E-state index is 0.110. The Morgan fingerprint density at radius 2 is 1.61 bits per heavy atom. The van der Waals surface area contributed by atoms with E-state index in [1.54, 1.807) is 6.07 Å². The minimum atomic E-state index is -0.408. The van der Waals surface area contributed by atoms with Crippen molar-refractivity contribution in [1.29, 1.82) is 0 Å². The van der Waals surface area contributed by atoms with Gasteiger partial charge in [-0.15, -0.1) is 0 Å². The summed E-state index contributed by atoms with van der Waals surface area (Å²) in [6, 6.07) is 13.1. The smallest absolute Gasteiger partial charge is 0.262 e. The molecule has 0 unspecified atom stereocenters. The maximum Gasteiger partial charge on any atom is 0.262 e. The Bertz CT molecular complexity index is 1310. The van der Waals surface area contributed by atoms with Crippen molar-refractivity contribution >= 4 is 23.2 Å². The number of rotatable bonds is 7. The molecular formula is C31H34N2O5.